The predicted octanol–water partition coefficient (Wildman–Crippen LogP) is 31.4. The van der Waals surface area contributed by atoms with Gasteiger partial charge in [-0.25, -0.2) is 36.9 Å². The summed E-state index contributed by atoms with van der Waals surface area (Å²) in [6.45, 7) is 56.1. The van der Waals surface area contributed by atoms with Gasteiger partial charge in [0.15, 0.2) is 0 Å². The second kappa shape index (κ2) is 51.5. The summed E-state index contributed by atoms with van der Waals surface area (Å²) in [5.41, 5.74) is 7.86. The molecule has 590 valence electrons. The zero-order chi connectivity index (χ0) is 79.9. The van der Waals surface area contributed by atoms with Crippen LogP contribution in [0, 0.1) is 61.6 Å². The third-order valence-electron chi connectivity index (χ3n) is 18.9. The van der Waals surface area contributed by atoms with Crippen molar-refractivity contribution in [3.63, 3.8) is 0 Å². The van der Waals surface area contributed by atoms with Crippen molar-refractivity contribution in [2.75, 3.05) is 0 Å². The highest BCUT2D eigenvalue weighted by Gasteiger charge is 2.40. The molecule has 105 heavy (non-hydrogen) atoms. The number of halogens is 7. The van der Waals surface area contributed by atoms with Gasteiger partial charge in [-0.15, -0.1) is 34.0 Å². The van der Waals surface area contributed by atoms with Crippen LogP contribution >= 0.6 is 57.2 Å². The number of hydrogen-bond acceptors (Lipinski definition) is 8. The predicted molar refractivity (Wildman–Crippen MR) is 450 cm³/mol. The van der Waals surface area contributed by atoms with Gasteiger partial charge in [0.1, 0.15) is 5.82 Å². The Labute approximate surface area is 657 Å². The average molecular weight is 1550 g/mol. The van der Waals surface area contributed by atoms with Gasteiger partial charge in [0.05, 0.1) is 25.7 Å². The van der Waals surface area contributed by atoms with Gasteiger partial charge in [-0.2, -0.15) is 5.10 Å². The molecule has 1 atom stereocenters. The van der Waals surface area contributed by atoms with Gasteiger partial charge in [-0.3, -0.25) is 9.67 Å². The number of rotatable bonds is 12. The van der Waals surface area contributed by atoms with Gasteiger partial charge < -0.3 is 0 Å². The summed E-state index contributed by atoms with van der Waals surface area (Å²) in [6.07, 6.45) is 21.6. The molecule has 6 nitrogen and oxygen atoms in total. The number of hydrogen-bond donors (Lipinski definition) is 0. The fraction of sp³-hybridized carbons (Fsp3) is 0.607. The number of thiazole rings is 3. The molecule has 0 bridgehead atoms. The lowest BCUT2D eigenvalue weighted by atomic mass is 9.78. The zero-order valence-electron chi connectivity index (χ0n) is 69.5. The van der Waals surface area contributed by atoms with E-state index in [9.17, 15) is 22.0 Å². The van der Waals surface area contributed by atoms with Crippen molar-refractivity contribution in [1.29, 1.82) is 0 Å². The number of alkyl halides is 4. The normalized spacial score (nSPS) is 14.8. The van der Waals surface area contributed by atoms with Gasteiger partial charge in [0, 0.05) is 101 Å². The summed E-state index contributed by atoms with van der Waals surface area (Å²) in [5, 5.41) is 11.5. The van der Waals surface area contributed by atoms with Crippen LogP contribution in [0.3, 0.4) is 0 Å². The summed E-state index contributed by atoms with van der Waals surface area (Å²) in [6, 6.07) is 23.4. The molecular weight excluding hydrogens is 1420 g/mol. The van der Waals surface area contributed by atoms with E-state index in [1.807, 2.05) is 118 Å². The van der Waals surface area contributed by atoms with E-state index < -0.39 is 12.3 Å². The van der Waals surface area contributed by atoms with Gasteiger partial charge in [-0.05, 0) is 175 Å². The molecule has 0 aliphatic heterocycles. The SMILES string of the molecule is CC(C)C1(C)CCCC1.CC(C)C1CCC(F)(F)C1.CC(C)C1CCCC1.CC(C)c1ccc(F)cc1.CC(C)c1cccc(C(F)F)c1.CC(C)c1ccn(C)n1.CC(C)c1cncc(Cl)c1.CC(C)c1nccs1.Cc1cc(Cl)cc(C(C)C)c1.Cc1cnc(C(C)C)s1.Cc1cnc(C(C)C)s1. The quantitative estimate of drug-likeness (QED) is 0.114. The Bertz CT molecular complexity index is 3330. The van der Waals surface area contributed by atoms with Crippen molar-refractivity contribution in [2.45, 2.75) is 310 Å². The van der Waals surface area contributed by atoms with Crippen LogP contribution in [0.4, 0.5) is 22.0 Å². The summed E-state index contributed by atoms with van der Waals surface area (Å²) in [7, 11) is 1.94. The van der Waals surface area contributed by atoms with Crippen LogP contribution < -0.4 is 0 Å². The molecule has 3 aromatic carbocycles. The number of aromatic nitrogens is 6. The molecule has 0 amide bonds. The molecule has 3 aliphatic carbocycles. The summed E-state index contributed by atoms with van der Waals surface area (Å²) in [4.78, 5) is 19.2. The molecule has 3 fully saturated rings. The second-order valence-corrected chi connectivity index (χ2v) is 36.4. The lowest BCUT2D eigenvalue weighted by molar-refractivity contribution is 0.00296. The van der Waals surface area contributed by atoms with Crippen LogP contribution in [-0.4, -0.2) is 35.6 Å². The van der Waals surface area contributed by atoms with E-state index in [2.05, 4.69) is 183 Å². The lowest BCUT2D eigenvalue weighted by Crippen LogP contribution is -2.18. The molecule has 5 heterocycles. The highest BCUT2D eigenvalue weighted by atomic mass is 35.5. The average Bonchev–Trinajstić information content (AvgIpc) is 1.85. The molecule has 0 spiro atoms. The van der Waals surface area contributed by atoms with Crippen LogP contribution in [0.1, 0.15) is 347 Å². The highest BCUT2D eigenvalue weighted by molar-refractivity contribution is 7.11. The molecule has 1 unspecified atom stereocenters. The number of nitrogens with zero attached hydrogens (tertiary/aromatic N) is 6. The Morgan fingerprint density at radius 3 is 1.28 bits per heavy atom. The largest absolute Gasteiger partial charge is 0.276 e. The van der Waals surface area contributed by atoms with Crippen LogP contribution in [0.5, 0.6) is 0 Å². The Hall–Kier alpha value is -4.86. The maximum atomic E-state index is 12.6. The second-order valence-electron chi connectivity index (χ2n) is 32.1. The smallest absolute Gasteiger partial charge is 0.263 e. The lowest BCUT2D eigenvalue weighted by Gasteiger charge is -2.27. The minimum atomic E-state index is -2.36. The first-order valence-corrected chi connectivity index (χ1v) is 41.9. The third kappa shape index (κ3) is 42.6. The monoisotopic (exact) mass is 1550 g/mol. The Morgan fingerprint density at radius 1 is 0.486 bits per heavy atom. The molecule has 16 heteroatoms. The van der Waals surface area contributed by atoms with Crippen molar-refractivity contribution >= 4 is 57.2 Å². The van der Waals surface area contributed by atoms with E-state index in [0.717, 1.165) is 34.0 Å². The van der Waals surface area contributed by atoms with Crippen LogP contribution in [-0.2, 0) is 7.05 Å². The first kappa shape index (κ1) is 98.1. The van der Waals surface area contributed by atoms with Gasteiger partial charge in [-0.1, -0.05) is 257 Å². The fourth-order valence-corrected chi connectivity index (χ4v) is 13.9. The number of pyridine rings is 1. The van der Waals surface area contributed by atoms with E-state index in [1.165, 1.54) is 117 Å². The van der Waals surface area contributed by atoms with Crippen LogP contribution in [0.2, 0.25) is 10.0 Å². The van der Waals surface area contributed by atoms with Gasteiger partial charge >= 0.3 is 0 Å². The first-order chi connectivity index (χ1) is 49.0. The topological polar surface area (TPSA) is 69.4 Å². The summed E-state index contributed by atoms with van der Waals surface area (Å²) in [5.74, 6) is 5.24. The summed E-state index contributed by atoms with van der Waals surface area (Å²) >= 11 is 16.9. The van der Waals surface area contributed by atoms with Crippen molar-refractivity contribution in [3.05, 3.63) is 201 Å². The Kier molecular flexibility index (Phi) is 48.2. The minimum absolute atomic E-state index is 0.107. The van der Waals surface area contributed by atoms with E-state index in [4.69, 9.17) is 23.2 Å². The highest BCUT2D eigenvalue weighted by Crippen LogP contribution is 2.44. The number of aryl methyl sites for hydroxylation is 4. The standard InChI is InChI=1S/C10H13Cl.C10H12F2.C9H11F.C9H18.C8H10ClN.C8H14F2.C8H16.C7H12N2.2C7H11NS.C6H9NS/c1-7(2)9-4-8(3)5-10(11)6-9;1-7(2)8-4-3-5-9(6-8)10(11)12;1-7(2)8-3-5-9(10)6-4-8;1-8(2)9(3)6-4-5-7-9;1-6(2)7-3-8(9)5-10-4-7;1-6(2)7-3-4-8(9,10)5-7;1-7(2)8-5-3-4-6-8;1-6(2)7-4-5-9(3)8-7;2*1-5(2)7-8-4-6(3)9-7;1-5(2)6-7-3-4-8-6/h4-7H,1-3H3;3-7,10H,1-2H3;3-7H,1-2H3;8H,4-7H2,1-3H3;3-6H,1-2H3;6-7H,3-5H2,1-2H3;7-8H,3-6H2,1-2H3;4-6H,1-3H3;2*4-5H,1-3H3;3-5H,1-2H3. The van der Waals surface area contributed by atoms with E-state index in [-0.39, 0.29) is 30.1 Å². The minimum Gasteiger partial charge on any atom is -0.276 e. The molecule has 11 rings (SSSR count). The van der Waals surface area contributed by atoms with Crippen molar-refractivity contribution in [2.24, 2.45) is 42.1 Å². The molecular formula is C89H137Cl2F5N6S3. The Balaban J connectivity index is 0.000000578. The molecule has 0 radical (unpaired) electrons. The van der Waals surface area contributed by atoms with Crippen LogP contribution in [0.25, 0.3) is 0 Å². The van der Waals surface area contributed by atoms with Crippen molar-refractivity contribution in [1.82, 2.24) is 29.7 Å². The first-order valence-electron chi connectivity index (χ1n) is 38.6. The maximum absolute atomic E-state index is 12.6. The van der Waals surface area contributed by atoms with E-state index in [0.29, 0.717) is 70.1 Å². The molecule has 0 saturated heterocycles. The van der Waals surface area contributed by atoms with Gasteiger partial charge in [0.2, 0.25) is 5.92 Å². The molecule has 5 aromatic heterocycles. The number of benzene rings is 3. The molecule has 8 aromatic rings. The molecule has 3 saturated carbocycles. The zero-order valence-corrected chi connectivity index (χ0v) is 73.4. The van der Waals surface area contributed by atoms with Crippen molar-refractivity contribution in [3.8, 4) is 0 Å². The van der Waals surface area contributed by atoms with E-state index >= 15 is 0 Å². The fourth-order valence-electron chi connectivity index (χ4n) is 11.2. The van der Waals surface area contributed by atoms with Crippen molar-refractivity contribution < 1.29 is 22.0 Å². The third-order valence-corrected chi connectivity index (χ3v) is 22.8. The van der Waals surface area contributed by atoms with E-state index in [1.54, 1.807) is 52.3 Å². The Morgan fingerprint density at radius 2 is 0.981 bits per heavy atom. The maximum Gasteiger partial charge on any atom is 0.263 e. The molecule has 3 aliphatic rings. The summed E-state index contributed by atoms with van der Waals surface area (Å²) < 4.78 is 63.7. The van der Waals surface area contributed by atoms with Gasteiger partial charge in [0.25, 0.3) is 6.43 Å². The van der Waals surface area contributed by atoms with Crippen LogP contribution in [0.15, 0.2) is 121 Å². The molecule has 0 N–H and O–H groups in total.